The molecular formula is C16H17N5O3. The third-order valence-corrected chi connectivity index (χ3v) is 3.86. The number of nitro groups is 1. The smallest absolute Gasteiger partial charge is 0.322 e. The molecule has 1 aliphatic heterocycles. The summed E-state index contributed by atoms with van der Waals surface area (Å²) in [5, 5.41) is 16.8. The molecule has 124 valence electrons. The van der Waals surface area contributed by atoms with E-state index in [0.717, 1.165) is 11.4 Å². The summed E-state index contributed by atoms with van der Waals surface area (Å²) in [6, 6.07) is 10.3. The van der Waals surface area contributed by atoms with Gasteiger partial charge in [0, 0.05) is 24.0 Å². The SMILES string of the molecule is Cc1nc(Nc2cccc(N3C(=O)NC[C@@H]3C)c2)ccc1[N+](=O)[O-]. The van der Waals surface area contributed by atoms with Crippen LogP contribution >= 0.6 is 0 Å². The maximum absolute atomic E-state index is 11.9. The van der Waals surface area contributed by atoms with Crippen molar-refractivity contribution in [3.63, 3.8) is 0 Å². The van der Waals surface area contributed by atoms with E-state index in [1.807, 2.05) is 31.2 Å². The van der Waals surface area contributed by atoms with Crippen LogP contribution in [0.25, 0.3) is 0 Å². The molecule has 0 unspecified atom stereocenters. The average molecular weight is 327 g/mol. The Balaban J connectivity index is 1.84. The lowest BCUT2D eigenvalue weighted by Crippen LogP contribution is -2.32. The van der Waals surface area contributed by atoms with Crippen LogP contribution in [0.3, 0.4) is 0 Å². The lowest BCUT2D eigenvalue weighted by Gasteiger charge is -2.20. The monoisotopic (exact) mass is 327 g/mol. The Bertz CT molecular complexity index is 808. The highest BCUT2D eigenvalue weighted by molar-refractivity contribution is 5.95. The quantitative estimate of drug-likeness (QED) is 0.664. The zero-order valence-electron chi connectivity index (χ0n) is 13.3. The van der Waals surface area contributed by atoms with Gasteiger partial charge in [-0.1, -0.05) is 6.07 Å². The Kier molecular flexibility index (Phi) is 4.03. The van der Waals surface area contributed by atoms with Gasteiger partial charge in [-0.3, -0.25) is 15.0 Å². The first-order chi connectivity index (χ1) is 11.5. The fourth-order valence-corrected chi connectivity index (χ4v) is 2.68. The number of amides is 2. The number of carbonyl (C=O) groups excluding carboxylic acids is 1. The first-order valence-corrected chi connectivity index (χ1v) is 7.52. The highest BCUT2D eigenvalue weighted by Crippen LogP contribution is 2.26. The number of anilines is 3. The number of nitrogens with one attached hydrogen (secondary N) is 2. The number of carbonyl (C=O) groups is 1. The molecule has 1 saturated heterocycles. The van der Waals surface area contributed by atoms with Crippen molar-refractivity contribution in [2.24, 2.45) is 0 Å². The lowest BCUT2D eigenvalue weighted by atomic mass is 10.2. The molecule has 2 amide bonds. The fraction of sp³-hybridized carbons (Fsp3) is 0.250. The second-order valence-corrected chi connectivity index (χ2v) is 5.64. The van der Waals surface area contributed by atoms with E-state index in [9.17, 15) is 14.9 Å². The molecular weight excluding hydrogens is 310 g/mol. The minimum atomic E-state index is -0.458. The molecule has 1 fully saturated rings. The van der Waals surface area contributed by atoms with Crippen molar-refractivity contribution < 1.29 is 9.72 Å². The van der Waals surface area contributed by atoms with Gasteiger partial charge in [-0.25, -0.2) is 9.78 Å². The van der Waals surface area contributed by atoms with Crippen LogP contribution in [-0.2, 0) is 0 Å². The van der Waals surface area contributed by atoms with E-state index in [0.29, 0.717) is 18.1 Å². The number of urea groups is 1. The first-order valence-electron chi connectivity index (χ1n) is 7.52. The van der Waals surface area contributed by atoms with E-state index in [1.54, 1.807) is 17.9 Å². The van der Waals surface area contributed by atoms with Crippen molar-refractivity contribution in [3.8, 4) is 0 Å². The number of hydrogen-bond acceptors (Lipinski definition) is 5. The van der Waals surface area contributed by atoms with Crippen LogP contribution in [0.15, 0.2) is 36.4 Å². The number of benzene rings is 1. The number of aryl methyl sites for hydroxylation is 1. The normalized spacial score (nSPS) is 16.8. The second-order valence-electron chi connectivity index (χ2n) is 5.64. The fourth-order valence-electron chi connectivity index (χ4n) is 2.68. The van der Waals surface area contributed by atoms with Crippen LogP contribution in [0.4, 0.5) is 27.7 Å². The summed E-state index contributed by atoms with van der Waals surface area (Å²) >= 11 is 0. The third-order valence-electron chi connectivity index (χ3n) is 3.86. The number of aromatic nitrogens is 1. The molecule has 0 spiro atoms. The Morgan fingerprint density at radius 2 is 2.17 bits per heavy atom. The summed E-state index contributed by atoms with van der Waals surface area (Å²) in [6.07, 6.45) is 0. The van der Waals surface area contributed by atoms with Crippen LogP contribution in [-0.4, -0.2) is 28.5 Å². The Hall–Kier alpha value is -3.16. The van der Waals surface area contributed by atoms with Gasteiger partial charge in [0.15, 0.2) is 0 Å². The molecule has 2 heterocycles. The zero-order chi connectivity index (χ0) is 17.3. The molecule has 3 rings (SSSR count). The summed E-state index contributed by atoms with van der Waals surface area (Å²) in [5.41, 5.74) is 1.85. The Morgan fingerprint density at radius 3 is 2.79 bits per heavy atom. The standard InChI is InChI=1S/C16H17N5O3/c1-10-9-17-16(22)20(10)13-5-3-4-12(8-13)19-15-7-6-14(21(23)24)11(2)18-15/h3-8,10H,9H2,1-2H3,(H,17,22)(H,18,19)/t10-/m0/s1. The number of rotatable bonds is 4. The van der Waals surface area contributed by atoms with Gasteiger partial charge in [0.1, 0.15) is 11.5 Å². The average Bonchev–Trinajstić information content (AvgIpc) is 2.86. The predicted octanol–water partition coefficient (Wildman–Crippen LogP) is 2.96. The number of hydrogen-bond donors (Lipinski definition) is 2. The summed E-state index contributed by atoms with van der Waals surface area (Å²) in [4.78, 5) is 28.2. The highest BCUT2D eigenvalue weighted by Gasteiger charge is 2.28. The van der Waals surface area contributed by atoms with Gasteiger partial charge < -0.3 is 10.6 Å². The molecule has 1 aliphatic rings. The van der Waals surface area contributed by atoms with Gasteiger partial charge in [0.25, 0.3) is 5.69 Å². The van der Waals surface area contributed by atoms with E-state index < -0.39 is 4.92 Å². The molecule has 2 N–H and O–H groups in total. The van der Waals surface area contributed by atoms with E-state index in [1.165, 1.54) is 6.07 Å². The van der Waals surface area contributed by atoms with Gasteiger partial charge in [0.2, 0.25) is 0 Å². The van der Waals surface area contributed by atoms with Crippen molar-refractivity contribution in [2.75, 3.05) is 16.8 Å². The van der Waals surface area contributed by atoms with Crippen LogP contribution in [0.5, 0.6) is 0 Å². The molecule has 1 aromatic heterocycles. The molecule has 0 radical (unpaired) electrons. The molecule has 0 aliphatic carbocycles. The zero-order valence-corrected chi connectivity index (χ0v) is 13.3. The van der Waals surface area contributed by atoms with Gasteiger partial charge in [-0.15, -0.1) is 0 Å². The minimum Gasteiger partial charge on any atom is -0.340 e. The summed E-state index contributed by atoms with van der Waals surface area (Å²) in [5.74, 6) is 0.508. The van der Waals surface area contributed by atoms with E-state index in [-0.39, 0.29) is 17.8 Å². The van der Waals surface area contributed by atoms with Crippen LogP contribution in [0.1, 0.15) is 12.6 Å². The van der Waals surface area contributed by atoms with E-state index in [2.05, 4.69) is 15.6 Å². The van der Waals surface area contributed by atoms with Crippen LogP contribution < -0.4 is 15.5 Å². The molecule has 2 aromatic rings. The molecule has 8 heteroatoms. The molecule has 1 aromatic carbocycles. The number of pyridine rings is 1. The third kappa shape index (κ3) is 2.98. The summed E-state index contributed by atoms with van der Waals surface area (Å²) in [6.45, 7) is 4.18. The molecule has 0 saturated carbocycles. The first kappa shape index (κ1) is 15.7. The molecule has 8 nitrogen and oxygen atoms in total. The van der Waals surface area contributed by atoms with Crippen LogP contribution in [0.2, 0.25) is 0 Å². The van der Waals surface area contributed by atoms with Gasteiger partial charge in [-0.2, -0.15) is 0 Å². The molecule has 0 bridgehead atoms. The van der Waals surface area contributed by atoms with Crippen molar-refractivity contribution in [2.45, 2.75) is 19.9 Å². The Labute approximate surface area is 138 Å². The van der Waals surface area contributed by atoms with E-state index >= 15 is 0 Å². The van der Waals surface area contributed by atoms with Crippen molar-refractivity contribution in [1.29, 1.82) is 0 Å². The van der Waals surface area contributed by atoms with Crippen molar-refractivity contribution in [3.05, 3.63) is 52.2 Å². The molecule has 1 atom stereocenters. The van der Waals surface area contributed by atoms with Gasteiger partial charge in [0.05, 0.1) is 11.0 Å². The minimum absolute atomic E-state index is 0.0168. The maximum Gasteiger partial charge on any atom is 0.322 e. The summed E-state index contributed by atoms with van der Waals surface area (Å²) < 4.78 is 0. The lowest BCUT2D eigenvalue weighted by molar-refractivity contribution is -0.385. The highest BCUT2D eigenvalue weighted by atomic mass is 16.6. The van der Waals surface area contributed by atoms with Gasteiger partial charge >= 0.3 is 6.03 Å². The van der Waals surface area contributed by atoms with Gasteiger partial charge in [-0.05, 0) is 38.1 Å². The second kappa shape index (κ2) is 6.15. The number of nitrogens with zero attached hydrogens (tertiary/aromatic N) is 3. The van der Waals surface area contributed by atoms with Crippen LogP contribution in [0, 0.1) is 17.0 Å². The predicted molar refractivity (Wildman–Crippen MR) is 90.7 cm³/mol. The summed E-state index contributed by atoms with van der Waals surface area (Å²) in [7, 11) is 0. The van der Waals surface area contributed by atoms with E-state index in [4.69, 9.17) is 0 Å². The maximum atomic E-state index is 11.9. The van der Waals surface area contributed by atoms with Crippen molar-refractivity contribution in [1.82, 2.24) is 10.3 Å². The molecule has 24 heavy (non-hydrogen) atoms. The topological polar surface area (TPSA) is 100 Å². The Morgan fingerprint density at radius 1 is 1.38 bits per heavy atom. The van der Waals surface area contributed by atoms with Crippen molar-refractivity contribution >= 4 is 28.9 Å². The largest absolute Gasteiger partial charge is 0.340 e.